The summed E-state index contributed by atoms with van der Waals surface area (Å²) in [4.78, 5) is 10.7. The Morgan fingerprint density at radius 3 is 2.62 bits per heavy atom. The molecule has 0 unspecified atom stereocenters. The number of nitriles is 1. The van der Waals surface area contributed by atoms with Crippen LogP contribution in [0.1, 0.15) is 17.7 Å². The zero-order valence-electron chi connectivity index (χ0n) is 12.9. The highest BCUT2D eigenvalue weighted by Gasteiger charge is 2.16. The average Bonchev–Trinajstić information content (AvgIpc) is 2.84. The standard InChI is InChI=1S/C15H16N4O4S/c1-11-9-14(17-19(11)8-2-7-16)18-24(22,23)13-5-3-12(4-6-13)10-15(20)21/h3-6,9H,2,8,10H2,1H3,(H,17,18)(H,20,21). The highest BCUT2D eigenvalue weighted by atomic mass is 32.2. The number of aromatic nitrogens is 2. The van der Waals surface area contributed by atoms with Gasteiger partial charge in [0.05, 0.1) is 30.4 Å². The third-order valence-electron chi connectivity index (χ3n) is 3.24. The SMILES string of the molecule is Cc1cc(NS(=O)(=O)c2ccc(CC(=O)O)cc2)nn1CCC#N. The first-order chi connectivity index (χ1) is 11.3. The number of nitrogens with zero attached hydrogens (tertiary/aromatic N) is 3. The minimum absolute atomic E-state index is 0.0147. The maximum atomic E-state index is 12.3. The molecular weight excluding hydrogens is 332 g/mol. The number of benzene rings is 1. The largest absolute Gasteiger partial charge is 0.481 e. The van der Waals surface area contributed by atoms with E-state index in [2.05, 4.69) is 9.82 Å². The molecule has 2 N–H and O–H groups in total. The number of nitrogens with one attached hydrogen (secondary N) is 1. The number of carbonyl (C=O) groups is 1. The van der Waals surface area contributed by atoms with Gasteiger partial charge in [0.1, 0.15) is 0 Å². The molecule has 1 aromatic heterocycles. The second kappa shape index (κ2) is 7.14. The molecule has 0 aliphatic rings. The summed E-state index contributed by atoms with van der Waals surface area (Å²) in [6.07, 6.45) is 0.107. The van der Waals surface area contributed by atoms with E-state index in [1.165, 1.54) is 24.3 Å². The van der Waals surface area contributed by atoms with Crippen molar-refractivity contribution in [1.29, 1.82) is 5.26 Å². The molecule has 1 aromatic carbocycles. The minimum atomic E-state index is -3.82. The fourth-order valence-electron chi connectivity index (χ4n) is 2.10. The molecular formula is C15H16N4O4S. The van der Waals surface area contributed by atoms with Crippen LogP contribution in [0.5, 0.6) is 0 Å². The van der Waals surface area contributed by atoms with Gasteiger partial charge in [0.15, 0.2) is 5.82 Å². The number of rotatable bonds is 7. The number of aliphatic carboxylic acids is 1. The Morgan fingerprint density at radius 1 is 1.38 bits per heavy atom. The quantitative estimate of drug-likeness (QED) is 0.781. The Balaban J connectivity index is 2.16. The van der Waals surface area contributed by atoms with Gasteiger partial charge in [-0.05, 0) is 24.6 Å². The van der Waals surface area contributed by atoms with E-state index in [4.69, 9.17) is 10.4 Å². The van der Waals surface area contributed by atoms with Crippen LogP contribution in [0.3, 0.4) is 0 Å². The Hall–Kier alpha value is -2.86. The number of anilines is 1. The van der Waals surface area contributed by atoms with E-state index in [0.717, 1.165) is 5.69 Å². The van der Waals surface area contributed by atoms with Crippen LogP contribution in [-0.4, -0.2) is 29.3 Å². The molecule has 126 valence electrons. The molecule has 24 heavy (non-hydrogen) atoms. The lowest BCUT2D eigenvalue weighted by molar-refractivity contribution is -0.136. The fraction of sp³-hybridized carbons (Fsp3) is 0.267. The smallest absolute Gasteiger partial charge is 0.307 e. The van der Waals surface area contributed by atoms with Crippen molar-refractivity contribution >= 4 is 21.8 Å². The van der Waals surface area contributed by atoms with Gasteiger partial charge in [-0.1, -0.05) is 12.1 Å². The van der Waals surface area contributed by atoms with Crippen molar-refractivity contribution in [1.82, 2.24) is 9.78 Å². The first-order valence-corrected chi connectivity index (χ1v) is 8.55. The molecule has 1 heterocycles. The van der Waals surface area contributed by atoms with Crippen LogP contribution >= 0.6 is 0 Å². The van der Waals surface area contributed by atoms with Crippen molar-refractivity contribution in [3.05, 3.63) is 41.6 Å². The van der Waals surface area contributed by atoms with Crippen LogP contribution in [0.15, 0.2) is 35.2 Å². The van der Waals surface area contributed by atoms with Gasteiger partial charge in [0, 0.05) is 11.8 Å². The van der Waals surface area contributed by atoms with E-state index in [1.807, 2.05) is 6.07 Å². The second-order valence-electron chi connectivity index (χ2n) is 5.12. The van der Waals surface area contributed by atoms with E-state index < -0.39 is 16.0 Å². The fourth-order valence-corrected chi connectivity index (χ4v) is 3.09. The number of carboxylic acid groups (broad SMARTS) is 1. The number of carboxylic acids is 1. The lowest BCUT2D eigenvalue weighted by atomic mass is 10.2. The molecule has 0 aliphatic carbocycles. The van der Waals surface area contributed by atoms with E-state index >= 15 is 0 Å². The van der Waals surface area contributed by atoms with Crippen molar-refractivity contribution in [2.45, 2.75) is 31.2 Å². The molecule has 0 aliphatic heterocycles. The van der Waals surface area contributed by atoms with Gasteiger partial charge in [0.25, 0.3) is 10.0 Å². The second-order valence-corrected chi connectivity index (χ2v) is 6.80. The third-order valence-corrected chi connectivity index (χ3v) is 4.62. The summed E-state index contributed by atoms with van der Waals surface area (Å²) in [5, 5.41) is 21.4. The van der Waals surface area contributed by atoms with Gasteiger partial charge in [-0.25, -0.2) is 8.42 Å². The molecule has 0 fully saturated rings. The summed E-state index contributed by atoms with van der Waals surface area (Å²) in [5.74, 6) is -0.817. The van der Waals surface area contributed by atoms with Gasteiger partial charge < -0.3 is 5.11 Å². The average molecular weight is 348 g/mol. The van der Waals surface area contributed by atoms with Crippen LogP contribution in [0, 0.1) is 18.3 Å². The van der Waals surface area contributed by atoms with Crippen molar-refractivity contribution in [2.75, 3.05) is 4.72 Å². The maximum absolute atomic E-state index is 12.3. The zero-order chi connectivity index (χ0) is 17.7. The summed E-state index contributed by atoms with van der Waals surface area (Å²) >= 11 is 0. The number of aryl methyl sites for hydroxylation is 2. The van der Waals surface area contributed by atoms with Crippen LogP contribution in [0.2, 0.25) is 0 Å². The predicted molar refractivity (Wildman–Crippen MR) is 85.8 cm³/mol. The lowest BCUT2D eigenvalue weighted by Gasteiger charge is -2.06. The first-order valence-electron chi connectivity index (χ1n) is 7.07. The van der Waals surface area contributed by atoms with Gasteiger partial charge in [0.2, 0.25) is 0 Å². The summed E-state index contributed by atoms with van der Waals surface area (Å²) < 4.78 is 28.6. The van der Waals surface area contributed by atoms with Gasteiger partial charge in [-0.3, -0.25) is 14.2 Å². The highest BCUT2D eigenvalue weighted by molar-refractivity contribution is 7.92. The summed E-state index contributed by atoms with van der Waals surface area (Å²) in [6, 6.07) is 9.19. The van der Waals surface area contributed by atoms with Crippen LogP contribution in [-0.2, 0) is 27.8 Å². The van der Waals surface area contributed by atoms with E-state index in [0.29, 0.717) is 12.1 Å². The molecule has 2 aromatic rings. The monoisotopic (exact) mass is 348 g/mol. The molecule has 0 radical (unpaired) electrons. The zero-order valence-corrected chi connectivity index (χ0v) is 13.7. The van der Waals surface area contributed by atoms with Crippen molar-refractivity contribution < 1.29 is 18.3 Å². The van der Waals surface area contributed by atoms with Crippen molar-refractivity contribution in [2.24, 2.45) is 0 Å². The number of sulfonamides is 1. The molecule has 8 nitrogen and oxygen atoms in total. The molecule has 2 rings (SSSR count). The predicted octanol–water partition coefficient (Wildman–Crippen LogP) is 1.53. The summed E-state index contributed by atoms with van der Waals surface area (Å²) in [7, 11) is -3.82. The van der Waals surface area contributed by atoms with Gasteiger partial charge in [-0.2, -0.15) is 10.4 Å². The molecule has 0 amide bonds. The van der Waals surface area contributed by atoms with Gasteiger partial charge >= 0.3 is 5.97 Å². The van der Waals surface area contributed by atoms with Crippen molar-refractivity contribution in [3.8, 4) is 6.07 Å². The van der Waals surface area contributed by atoms with Crippen LogP contribution in [0.25, 0.3) is 0 Å². The highest BCUT2D eigenvalue weighted by Crippen LogP contribution is 2.17. The number of hydrogen-bond donors (Lipinski definition) is 2. The summed E-state index contributed by atoms with van der Waals surface area (Å²) in [6.45, 7) is 2.15. The molecule has 0 atom stereocenters. The molecule has 0 saturated carbocycles. The maximum Gasteiger partial charge on any atom is 0.307 e. The molecule has 0 bridgehead atoms. The van der Waals surface area contributed by atoms with Gasteiger partial charge in [-0.15, -0.1) is 0 Å². The lowest BCUT2D eigenvalue weighted by Crippen LogP contribution is -2.14. The van der Waals surface area contributed by atoms with Crippen LogP contribution in [0.4, 0.5) is 5.82 Å². The van der Waals surface area contributed by atoms with E-state index in [1.54, 1.807) is 17.7 Å². The Kier molecular flexibility index (Phi) is 5.21. The minimum Gasteiger partial charge on any atom is -0.481 e. The number of hydrogen-bond acceptors (Lipinski definition) is 5. The summed E-state index contributed by atoms with van der Waals surface area (Å²) in [5.41, 5.74) is 1.25. The molecule has 9 heteroatoms. The van der Waals surface area contributed by atoms with E-state index in [-0.39, 0.29) is 23.6 Å². The third kappa shape index (κ3) is 4.33. The molecule has 0 spiro atoms. The Labute approximate surface area is 139 Å². The van der Waals surface area contributed by atoms with Crippen LogP contribution < -0.4 is 4.72 Å². The normalized spacial score (nSPS) is 11.0. The van der Waals surface area contributed by atoms with Crippen molar-refractivity contribution in [3.63, 3.8) is 0 Å². The van der Waals surface area contributed by atoms with E-state index in [9.17, 15) is 13.2 Å². The Morgan fingerprint density at radius 2 is 2.04 bits per heavy atom. The Bertz CT molecular complexity index is 879. The first kappa shape index (κ1) is 17.5. The topological polar surface area (TPSA) is 125 Å². The molecule has 0 saturated heterocycles.